The maximum absolute atomic E-state index is 12.5. The number of rotatable bonds is 9. The van der Waals surface area contributed by atoms with Gasteiger partial charge in [-0.2, -0.15) is 0 Å². The van der Waals surface area contributed by atoms with Crippen molar-refractivity contribution in [2.75, 3.05) is 13.7 Å². The minimum absolute atomic E-state index is 0.132. The van der Waals surface area contributed by atoms with Crippen LogP contribution in [0.2, 0.25) is 0 Å². The molecule has 0 atom stereocenters. The molecule has 0 aliphatic heterocycles. The first-order chi connectivity index (χ1) is 13.9. The van der Waals surface area contributed by atoms with Gasteiger partial charge in [0.2, 0.25) is 0 Å². The summed E-state index contributed by atoms with van der Waals surface area (Å²) < 4.78 is 10.3. The van der Waals surface area contributed by atoms with Crippen molar-refractivity contribution in [3.05, 3.63) is 75.5 Å². The Morgan fingerprint density at radius 2 is 1.90 bits per heavy atom. The molecule has 1 N–H and O–H groups in total. The van der Waals surface area contributed by atoms with E-state index in [-0.39, 0.29) is 11.4 Å². The Labute approximate surface area is 168 Å². The van der Waals surface area contributed by atoms with Crippen molar-refractivity contribution >= 4 is 23.6 Å². The molecule has 0 bridgehead atoms. The molecule has 0 aromatic heterocycles. The molecular weight excluding hydrogens is 376 g/mol. The third kappa shape index (κ3) is 6.46. The monoisotopic (exact) mass is 398 g/mol. The quantitative estimate of drug-likeness (QED) is 0.227. The molecule has 29 heavy (non-hydrogen) atoms. The molecule has 0 fully saturated rings. The third-order valence-electron chi connectivity index (χ3n) is 3.93. The summed E-state index contributed by atoms with van der Waals surface area (Å²) in [6, 6.07) is 12.2. The number of unbranched alkanes of at least 4 members (excludes halogenated alkanes) is 1. The van der Waals surface area contributed by atoms with Crippen LogP contribution in [0.1, 0.15) is 35.7 Å². The number of carbonyl (C=O) groups is 2. The summed E-state index contributed by atoms with van der Waals surface area (Å²) in [6.45, 7) is 2.66. The Bertz CT molecular complexity index is 906. The van der Waals surface area contributed by atoms with Crippen LogP contribution in [-0.4, -0.2) is 30.5 Å². The standard InChI is InChI=1S/C21H22N2O6/c1-3-4-12-29-18-10-8-16(9-11-18)20(24)22-19(21(25)28-2)14-15-6-5-7-17(13-15)23(26)27/h5-11,13-14H,3-4,12H2,1-2H3,(H,22,24)/b19-14+. The van der Waals surface area contributed by atoms with Gasteiger partial charge >= 0.3 is 5.97 Å². The Balaban J connectivity index is 2.17. The van der Waals surface area contributed by atoms with Gasteiger partial charge in [0.25, 0.3) is 11.6 Å². The second-order valence-electron chi connectivity index (χ2n) is 6.08. The Morgan fingerprint density at radius 3 is 2.52 bits per heavy atom. The minimum atomic E-state index is -0.774. The van der Waals surface area contributed by atoms with E-state index in [4.69, 9.17) is 9.47 Å². The van der Waals surface area contributed by atoms with Crippen molar-refractivity contribution in [1.82, 2.24) is 5.32 Å². The van der Waals surface area contributed by atoms with Gasteiger partial charge in [0, 0.05) is 17.7 Å². The predicted molar refractivity (Wildman–Crippen MR) is 107 cm³/mol. The number of hydrogen-bond donors (Lipinski definition) is 1. The summed E-state index contributed by atoms with van der Waals surface area (Å²) in [7, 11) is 1.18. The molecule has 2 rings (SSSR count). The topological polar surface area (TPSA) is 108 Å². The molecular formula is C21H22N2O6. The summed E-state index contributed by atoms with van der Waals surface area (Å²) in [5.74, 6) is -0.646. The van der Waals surface area contributed by atoms with E-state index in [2.05, 4.69) is 12.2 Å². The number of benzene rings is 2. The molecule has 0 radical (unpaired) electrons. The number of esters is 1. The number of methoxy groups -OCH3 is 1. The van der Waals surface area contributed by atoms with Crippen molar-refractivity contribution < 1.29 is 24.0 Å². The van der Waals surface area contributed by atoms with Crippen LogP contribution < -0.4 is 10.1 Å². The molecule has 0 saturated carbocycles. The van der Waals surface area contributed by atoms with Gasteiger partial charge in [-0.1, -0.05) is 25.5 Å². The van der Waals surface area contributed by atoms with Gasteiger partial charge in [-0.05, 0) is 42.3 Å². The highest BCUT2D eigenvalue weighted by Crippen LogP contribution is 2.17. The number of hydrogen-bond acceptors (Lipinski definition) is 6. The van der Waals surface area contributed by atoms with Crippen LogP contribution in [0, 0.1) is 10.1 Å². The Kier molecular flexibility index (Phi) is 7.90. The van der Waals surface area contributed by atoms with Gasteiger partial charge in [0.05, 0.1) is 18.6 Å². The fourth-order valence-corrected chi connectivity index (χ4v) is 2.38. The fourth-order valence-electron chi connectivity index (χ4n) is 2.38. The highest BCUT2D eigenvalue weighted by Gasteiger charge is 2.16. The Morgan fingerprint density at radius 1 is 1.17 bits per heavy atom. The molecule has 0 saturated heterocycles. The largest absolute Gasteiger partial charge is 0.494 e. The Hall–Kier alpha value is -3.68. The third-order valence-corrected chi connectivity index (χ3v) is 3.93. The first kappa shape index (κ1) is 21.6. The number of ether oxygens (including phenoxy) is 2. The van der Waals surface area contributed by atoms with E-state index in [9.17, 15) is 19.7 Å². The molecule has 8 heteroatoms. The maximum Gasteiger partial charge on any atom is 0.354 e. The highest BCUT2D eigenvalue weighted by molar-refractivity contribution is 6.03. The lowest BCUT2D eigenvalue weighted by atomic mass is 10.1. The maximum atomic E-state index is 12.5. The zero-order valence-electron chi connectivity index (χ0n) is 16.2. The second kappa shape index (κ2) is 10.6. The van der Waals surface area contributed by atoms with E-state index in [1.54, 1.807) is 30.3 Å². The lowest BCUT2D eigenvalue weighted by Crippen LogP contribution is -2.28. The lowest BCUT2D eigenvalue weighted by molar-refractivity contribution is -0.384. The van der Waals surface area contributed by atoms with Crippen molar-refractivity contribution in [2.24, 2.45) is 0 Å². The zero-order valence-corrected chi connectivity index (χ0v) is 16.2. The number of nitrogens with zero attached hydrogens (tertiary/aromatic N) is 1. The number of nitrogens with one attached hydrogen (secondary N) is 1. The summed E-state index contributed by atoms with van der Waals surface area (Å²) in [6.07, 6.45) is 3.28. The first-order valence-electron chi connectivity index (χ1n) is 9.03. The number of nitro benzene ring substituents is 1. The van der Waals surface area contributed by atoms with Crippen LogP contribution >= 0.6 is 0 Å². The van der Waals surface area contributed by atoms with Crippen LogP contribution in [0.5, 0.6) is 5.75 Å². The summed E-state index contributed by atoms with van der Waals surface area (Å²) in [5.41, 5.74) is 0.426. The minimum Gasteiger partial charge on any atom is -0.494 e. The van der Waals surface area contributed by atoms with Crippen LogP contribution in [0.15, 0.2) is 54.2 Å². The van der Waals surface area contributed by atoms with Crippen molar-refractivity contribution in [3.8, 4) is 5.75 Å². The van der Waals surface area contributed by atoms with Crippen molar-refractivity contribution in [2.45, 2.75) is 19.8 Å². The van der Waals surface area contributed by atoms with Gasteiger partial charge < -0.3 is 14.8 Å². The second-order valence-corrected chi connectivity index (χ2v) is 6.08. The SMILES string of the molecule is CCCCOc1ccc(C(=O)N/C(=C/c2cccc([N+](=O)[O-])c2)C(=O)OC)cc1. The molecule has 0 unspecified atom stereocenters. The fraction of sp³-hybridized carbons (Fsp3) is 0.238. The number of nitro groups is 1. The highest BCUT2D eigenvalue weighted by atomic mass is 16.6. The summed E-state index contributed by atoms with van der Waals surface area (Å²) >= 11 is 0. The van der Waals surface area contributed by atoms with E-state index in [0.29, 0.717) is 23.5 Å². The van der Waals surface area contributed by atoms with Gasteiger partial charge in [-0.3, -0.25) is 14.9 Å². The van der Waals surface area contributed by atoms with Crippen LogP contribution in [0.3, 0.4) is 0 Å². The average Bonchev–Trinajstić information content (AvgIpc) is 2.73. The summed E-state index contributed by atoms with van der Waals surface area (Å²) in [4.78, 5) is 34.9. The number of amides is 1. The molecule has 1 amide bonds. The van der Waals surface area contributed by atoms with E-state index >= 15 is 0 Å². The van der Waals surface area contributed by atoms with E-state index in [0.717, 1.165) is 12.8 Å². The van der Waals surface area contributed by atoms with Crippen molar-refractivity contribution in [1.29, 1.82) is 0 Å². The molecule has 0 aliphatic carbocycles. The molecule has 2 aromatic carbocycles. The van der Waals surface area contributed by atoms with E-state index in [1.807, 2.05) is 0 Å². The van der Waals surface area contributed by atoms with Crippen LogP contribution in [-0.2, 0) is 9.53 Å². The smallest absolute Gasteiger partial charge is 0.354 e. The number of carbonyl (C=O) groups excluding carboxylic acids is 2. The van der Waals surface area contributed by atoms with Gasteiger partial charge in [0.1, 0.15) is 11.4 Å². The predicted octanol–water partition coefficient (Wildman–Crippen LogP) is 3.72. The van der Waals surface area contributed by atoms with Gasteiger partial charge in [-0.25, -0.2) is 4.79 Å². The molecule has 0 spiro atoms. The molecule has 2 aromatic rings. The first-order valence-corrected chi connectivity index (χ1v) is 9.03. The molecule has 0 aliphatic rings. The zero-order chi connectivity index (χ0) is 21.2. The van der Waals surface area contributed by atoms with Crippen molar-refractivity contribution in [3.63, 3.8) is 0 Å². The van der Waals surface area contributed by atoms with Gasteiger partial charge in [0.15, 0.2) is 0 Å². The molecule has 152 valence electrons. The lowest BCUT2D eigenvalue weighted by Gasteiger charge is -2.09. The van der Waals surface area contributed by atoms with Crippen LogP contribution in [0.25, 0.3) is 6.08 Å². The van der Waals surface area contributed by atoms with E-state index < -0.39 is 16.8 Å². The van der Waals surface area contributed by atoms with Crippen LogP contribution in [0.4, 0.5) is 5.69 Å². The van der Waals surface area contributed by atoms with Gasteiger partial charge in [-0.15, -0.1) is 0 Å². The average molecular weight is 398 g/mol. The molecule has 8 nitrogen and oxygen atoms in total. The summed E-state index contributed by atoms with van der Waals surface area (Å²) in [5, 5.41) is 13.4. The molecule has 0 heterocycles. The van der Waals surface area contributed by atoms with E-state index in [1.165, 1.54) is 31.4 Å². The number of non-ortho nitro benzene ring substituents is 1. The normalized spacial score (nSPS) is 10.9.